The third-order valence-electron chi connectivity index (χ3n) is 5.34. The molecule has 0 bridgehead atoms. The van der Waals surface area contributed by atoms with Crippen molar-refractivity contribution in [3.8, 4) is 5.75 Å². The van der Waals surface area contributed by atoms with Gasteiger partial charge in [0.25, 0.3) is 11.8 Å². The first-order chi connectivity index (χ1) is 17.3. The van der Waals surface area contributed by atoms with Crippen LogP contribution in [0.4, 0.5) is 0 Å². The molecular weight excluding hydrogens is 510 g/mol. The maximum absolute atomic E-state index is 13.1. The van der Waals surface area contributed by atoms with Crippen molar-refractivity contribution in [3.63, 3.8) is 0 Å². The maximum atomic E-state index is 13.1. The summed E-state index contributed by atoms with van der Waals surface area (Å²) >= 11 is 2.65. The molecule has 0 spiro atoms. The van der Waals surface area contributed by atoms with Crippen LogP contribution in [0.25, 0.3) is 0 Å². The number of carbonyl (C=O) groups excluding carboxylic acids is 2. The Labute approximate surface area is 214 Å². The van der Waals surface area contributed by atoms with Crippen LogP contribution >= 0.6 is 23.5 Å². The topological polar surface area (TPSA) is 161 Å². The molecule has 2 N–H and O–H groups in total. The maximum Gasteiger partial charge on any atom is 0.352 e. The van der Waals surface area contributed by atoms with Crippen LogP contribution in [0.5, 0.6) is 5.75 Å². The van der Waals surface area contributed by atoms with E-state index in [1.807, 2.05) is 0 Å². The molecule has 36 heavy (non-hydrogen) atoms. The summed E-state index contributed by atoms with van der Waals surface area (Å²) in [6.07, 6.45) is 0. The lowest BCUT2D eigenvalue weighted by Gasteiger charge is -2.49. The molecule has 2 aliphatic rings. The number of thioether (sulfide) groups is 2. The molecule has 4 rings (SSSR count). The molecule has 13 nitrogen and oxygen atoms in total. The number of aliphatic carboxylic acids is 1. The summed E-state index contributed by atoms with van der Waals surface area (Å²) in [6.45, 7) is 1.97. The number of benzene rings is 1. The number of nitrogens with zero attached hydrogens (tertiary/aromatic N) is 6. The fourth-order valence-electron chi connectivity index (χ4n) is 3.62. The number of aryl methyl sites for hydroxylation is 1. The highest BCUT2D eigenvalue weighted by atomic mass is 32.2. The normalized spacial score (nSPS) is 19.5. The lowest BCUT2D eigenvalue weighted by molar-refractivity contribution is -0.150. The van der Waals surface area contributed by atoms with E-state index in [1.54, 1.807) is 38.2 Å². The number of carbonyl (C=O) groups is 3. The van der Waals surface area contributed by atoms with Gasteiger partial charge in [0.05, 0.1) is 7.11 Å². The highest BCUT2D eigenvalue weighted by molar-refractivity contribution is 8.01. The lowest BCUT2D eigenvalue weighted by atomic mass is 10.0. The third-order valence-corrected chi connectivity index (χ3v) is 7.77. The average Bonchev–Trinajstić information content (AvgIpc) is 3.30. The number of amides is 2. The Kier molecular flexibility index (Phi) is 7.79. The van der Waals surface area contributed by atoms with E-state index >= 15 is 0 Å². The van der Waals surface area contributed by atoms with Gasteiger partial charge < -0.3 is 20.0 Å². The Hall–Kier alpha value is -3.59. The van der Waals surface area contributed by atoms with Crippen LogP contribution in [0.1, 0.15) is 12.5 Å². The molecule has 0 radical (unpaired) electrons. The number of aromatic nitrogens is 4. The zero-order valence-corrected chi connectivity index (χ0v) is 21.2. The van der Waals surface area contributed by atoms with Gasteiger partial charge in [0, 0.05) is 24.1 Å². The van der Waals surface area contributed by atoms with Gasteiger partial charge in [-0.25, -0.2) is 9.48 Å². The van der Waals surface area contributed by atoms with E-state index in [9.17, 15) is 19.5 Å². The van der Waals surface area contributed by atoms with Crippen molar-refractivity contribution in [1.82, 2.24) is 30.4 Å². The van der Waals surface area contributed by atoms with Crippen molar-refractivity contribution >= 4 is 47.0 Å². The van der Waals surface area contributed by atoms with Gasteiger partial charge in [0.2, 0.25) is 5.16 Å². The largest absolute Gasteiger partial charge is 0.497 e. The fraction of sp³-hybridized carbons (Fsp3) is 0.381. The van der Waals surface area contributed by atoms with Gasteiger partial charge in [-0.15, -0.1) is 16.9 Å². The number of rotatable bonds is 10. The first-order valence-corrected chi connectivity index (χ1v) is 12.8. The van der Waals surface area contributed by atoms with Crippen molar-refractivity contribution in [2.24, 2.45) is 12.2 Å². The molecule has 2 aliphatic heterocycles. The number of ether oxygens (including phenoxy) is 1. The molecule has 1 fully saturated rings. The summed E-state index contributed by atoms with van der Waals surface area (Å²) in [5.41, 5.74) is 0.924. The fourth-order valence-corrected chi connectivity index (χ4v) is 5.96. The molecule has 15 heteroatoms. The Morgan fingerprint density at radius 3 is 2.86 bits per heavy atom. The number of β-lactam (4-membered cyclic amide) rings is 1. The van der Waals surface area contributed by atoms with Crippen molar-refractivity contribution in [1.29, 1.82) is 0 Å². The van der Waals surface area contributed by atoms with E-state index in [0.29, 0.717) is 33.5 Å². The summed E-state index contributed by atoms with van der Waals surface area (Å²) in [6, 6.07) is 5.82. The van der Waals surface area contributed by atoms with Gasteiger partial charge in [-0.05, 0) is 35.1 Å². The summed E-state index contributed by atoms with van der Waals surface area (Å²) < 4.78 is 6.70. The molecule has 190 valence electrons. The van der Waals surface area contributed by atoms with E-state index in [1.165, 1.54) is 40.2 Å². The predicted octanol–water partition coefficient (Wildman–Crippen LogP) is 0.490. The SMILES string of the molecule is CCON=C(C(=O)NC1C(=O)N2C(C(=O)O)=C(CSc3nnnn3C)CS[C@H]12)c1cccc(OC)c1. The average molecular weight is 534 g/mol. The Morgan fingerprint density at radius 2 is 2.19 bits per heavy atom. The van der Waals surface area contributed by atoms with Crippen LogP contribution in [0.15, 0.2) is 45.8 Å². The van der Waals surface area contributed by atoms with E-state index in [4.69, 9.17) is 9.57 Å². The van der Waals surface area contributed by atoms with Crippen LogP contribution in [0.2, 0.25) is 0 Å². The summed E-state index contributed by atoms with van der Waals surface area (Å²) in [7, 11) is 3.19. The van der Waals surface area contributed by atoms with Gasteiger partial charge >= 0.3 is 5.97 Å². The second-order valence-corrected chi connectivity index (χ2v) is 9.63. The number of carboxylic acids is 1. The third kappa shape index (κ3) is 5.02. The molecule has 1 saturated heterocycles. The Morgan fingerprint density at radius 1 is 1.39 bits per heavy atom. The van der Waals surface area contributed by atoms with E-state index in [2.05, 4.69) is 26.0 Å². The number of fused-ring (bicyclic) bond motifs is 1. The first kappa shape index (κ1) is 25.5. The number of nitrogens with one attached hydrogen (secondary N) is 1. The number of carboxylic acid groups (broad SMARTS) is 1. The number of hydrogen-bond donors (Lipinski definition) is 2. The van der Waals surface area contributed by atoms with Crippen LogP contribution in [0.3, 0.4) is 0 Å². The zero-order valence-electron chi connectivity index (χ0n) is 19.6. The summed E-state index contributed by atoms with van der Waals surface area (Å²) in [5.74, 6) is -1.14. The van der Waals surface area contributed by atoms with Gasteiger partial charge in [0.1, 0.15) is 29.5 Å². The van der Waals surface area contributed by atoms with Gasteiger partial charge in [-0.1, -0.05) is 29.1 Å². The number of tetrazole rings is 1. The van der Waals surface area contributed by atoms with Crippen molar-refractivity contribution in [2.75, 3.05) is 25.2 Å². The summed E-state index contributed by atoms with van der Waals surface area (Å²) in [5, 5.41) is 27.7. The lowest BCUT2D eigenvalue weighted by Crippen LogP contribution is -2.71. The van der Waals surface area contributed by atoms with Gasteiger partial charge in [-0.3, -0.25) is 14.5 Å². The molecule has 0 saturated carbocycles. The van der Waals surface area contributed by atoms with Crippen LogP contribution in [-0.2, 0) is 26.3 Å². The minimum Gasteiger partial charge on any atom is -0.497 e. The molecule has 1 aromatic heterocycles. The molecule has 2 atom stereocenters. The van der Waals surface area contributed by atoms with Crippen molar-refractivity contribution in [2.45, 2.75) is 23.5 Å². The van der Waals surface area contributed by atoms with E-state index < -0.39 is 29.2 Å². The number of hydrogen-bond acceptors (Lipinski definition) is 11. The highest BCUT2D eigenvalue weighted by Gasteiger charge is 2.54. The van der Waals surface area contributed by atoms with Crippen molar-refractivity contribution in [3.05, 3.63) is 41.1 Å². The minimum atomic E-state index is -1.21. The monoisotopic (exact) mass is 533 g/mol. The predicted molar refractivity (Wildman–Crippen MR) is 130 cm³/mol. The Balaban J connectivity index is 1.51. The van der Waals surface area contributed by atoms with Crippen molar-refractivity contribution < 1.29 is 29.1 Å². The molecular formula is C21H23N7O6S2. The molecule has 2 aromatic rings. The van der Waals surface area contributed by atoms with Gasteiger partial charge in [-0.2, -0.15) is 0 Å². The van der Waals surface area contributed by atoms with E-state index in [0.717, 1.165) is 0 Å². The number of oxime groups is 1. The molecule has 3 heterocycles. The number of methoxy groups -OCH3 is 1. The Bertz CT molecular complexity index is 1250. The minimum absolute atomic E-state index is 0.0221. The van der Waals surface area contributed by atoms with Crippen LogP contribution < -0.4 is 10.1 Å². The molecule has 1 aromatic carbocycles. The molecule has 1 unspecified atom stereocenters. The van der Waals surface area contributed by atoms with Gasteiger partial charge in [0.15, 0.2) is 5.71 Å². The molecule has 0 aliphatic carbocycles. The van der Waals surface area contributed by atoms with Crippen LogP contribution in [-0.4, -0.2) is 90.3 Å². The van der Waals surface area contributed by atoms with E-state index in [-0.39, 0.29) is 18.0 Å². The zero-order chi connectivity index (χ0) is 25.8. The highest BCUT2D eigenvalue weighted by Crippen LogP contribution is 2.41. The quantitative estimate of drug-likeness (QED) is 0.189. The smallest absolute Gasteiger partial charge is 0.352 e. The van der Waals surface area contributed by atoms with Crippen LogP contribution in [0, 0.1) is 0 Å². The standard InChI is InChI=1S/C21H23N7O6S2/c1-4-34-24-14(11-6-5-7-13(8-11)33-3)17(29)22-15-18(30)28-16(20(31)32)12(9-35-19(15)28)10-36-21-23-25-26-27(21)2/h5-8,15,19H,4,9-10H2,1-3H3,(H,22,29)(H,31,32)/t15?,19-/m1/s1. The second-order valence-electron chi connectivity index (χ2n) is 7.58. The summed E-state index contributed by atoms with van der Waals surface area (Å²) in [4.78, 5) is 44.6. The second kappa shape index (κ2) is 11.0. The molecule has 2 amide bonds. The first-order valence-electron chi connectivity index (χ1n) is 10.8.